The molecule has 0 aliphatic heterocycles. The Morgan fingerprint density at radius 2 is 2.04 bits per heavy atom. The average Bonchev–Trinajstić information content (AvgIpc) is 3.14. The summed E-state index contributed by atoms with van der Waals surface area (Å²) in [6.45, 7) is 5.48. The van der Waals surface area contributed by atoms with Crippen LogP contribution in [0.25, 0.3) is 0 Å². The van der Waals surface area contributed by atoms with Crippen LogP contribution in [-0.4, -0.2) is 53.5 Å². The Morgan fingerprint density at radius 3 is 2.59 bits per heavy atom. The van der Waals surface area contributed by atoms with Crippen LogP contribution in [0.2, 0.25) is 0 Å². The standard InChI is InChI=1S/C18H28N6O2S/c1-11(2)15-14(17(26)20-7-6-8-23(3)4)21-18(27-15)22-16(25)13-9-12(19)10-24(13)5/h9-11H,6-8,19H2,1-5H3,(H,20,26)(H,21,22,25). The van der Waals surface area contributed by atoms with Crippen LogP contribution in [0.4, 0.5) is 10.8 Å². The number of rotatable bonds is 8. The Morgan fingerprint density at radius 1 is 1.33 bits per heavy atom. The van der Waals surface area contributed by atoms with Crippen molar-refractivity contribution in [3.8, 4) is 0 Å². The summed E-state index contributed by atoms with van der Waals surface area (Å²) in [5.41, 5.74) is 7.05. The molecular formula is C18H28N6O2S. The molecule has 0 aliphatic rings. The maximum atomic E-state index is 12.5. The lowest BCUT2D eigenvalue weighted by atomic mass is 10.1. The van der Waals surface area contributed by atoms with Crippen molar-refractivity contribution in [3.63, 3.8) is 0 Å². The summed E-state index contributed by atoms with van der Waals surface area (Å²) in [6.07, 6.45) is 2.53. The molecule has 0 atom stereocenters. The number of hydrogen-bond acceptors (Lipinski definition) is 6. The topological polar surface area (TPSA) is 105 Å². The molecule has 2 amide bonds. The fourth-order valence-corrected chi connectivity index (χ4v) is 3.56. The van der Waals surface area contributed by atoms with E-state index in [0.717, 1.165) is 17.8 Å². The fourth-order valence-electron chi connectivity index (χ4n) is 2.60. The molecule has 2 heterocycles. The van der Waals surface area contributed by atoms with E-state index < -0.39 is 0 Å². The number of thiazole rings is 1. The van der Waals surface area contributed by atoms with E-state index in [4.69, 9.17) is 5.73 Å². The number of aromatic nitrogens is 2. The lowest BCUT2D eigenvalue weighted by Gasteiger charge is -2.10. The van der Waals surface area contributed by atoms with Gasteiger partial charge in [0.1, 0.15) is 11.4 Å². The fraction of sp³-hybridized carbons (Fsp3) is 0.500. The monoisotopic (exact) mass is 392 g/mol. The van der Waals surface area contributed by atoms with Gasteiger partial charge in [-0.3, -0.25) is 14.9 Å². The summed E-state index contributed by atoms with van der Waals surface area (Å²) < 4.78 is 1.65. The molecule has 27 heavy (non-hydrogen) atoms. The highest BCUT2D eigenvalue weighted by molar-refractivity contribution is 7.16. The van der Waals surface area contributed by atoms with Crippen LogP contribution in [-0.2, 0) is 7.05 Å². The van der Waals surface area contributed by atoms with Crippen molar-refractivity contribution in [2.24, 2.45) is 7.05 Å². The molecule has 8 nitrogen and oxygen atoms in total. The molecule has 4 N–H and O–H groups in total. The van der Waals surface area contributed by atoms with Gasteiger partial charge < -0.3 is 20.5 Å². The summed E-state index contributed by atoms with van der Waals surface area (Å²) in [5, 5.41) is 6.08. The normalized spacial score (nSPS) is 11.2. The summed E-state index contributed by atoms with van der Waals surface area (Å²) in [5.74, 6) is -0.394. The average molecular weight is 393 g/mol. The molecule has 0 aromatic carbocycles. The van der Waals surface area contributed by atoms with Crippen LogP contribution in [0.5, 0.6) is 0 Å². The van der Waals surface area contributed by atoms with E-state index in [1.165, 1.54) is 11.3 Å². The smallest absolute Gasteiger partial charge is 0.274 e. The van der Waals surface area contributed by atoms with Crippen molar-refractivity contribution in [2.45, 2.75) is 26.2 Å². The van der Waals surface area contributed by atoms with Crippen molar-refractivity contribution in [1.82, 2.24) is 19.8 Å². The number of carbonyl (C=O) groups excluding carboxylic acids is 2. The van der Waals surface area contributed by atoms with Crippen LogP contribution in [0.1, 0.15) is 52.0 Å². The molecule has 0 spiro atoms. The van der Waals surface area contributed by atoms with Gasteiger partial charge in [-0.05, 0) is 39.0 Å². The third kappa shape index (κ3) is 5.54. The first-order valence-corrected chi connectivity index (χ1v) is 9.67. The van der Waals surface area contributed by atoms with E-state index in [-0.39, 0.29) is 17.7 Å². The first-order chi connectivity index (χ1) is 12.7. The highest BCUT2D eigenvalue weighted by atomic mass is 32.1. The largest absolute Gasteiger partial charge is 0.397 e. The molecule has 2 rings (SSSR count). The van der Waals surface area contributed by atoms with Crippen molar-refractivity contribution < 1.29 is 9.59 Å². The molecule has 148 valence electrons. The zero-order valence-electron chi connectivity index (χ0n) is 16.5. The molecule has 0 radical (unpaired) electrons. The van der Waals surface area contributed by atoms with Crippen molar-refractivity contribution in [2.75, 3.05) is 38.2 Å². The van der Waals surface area contributed by atoms with Crippen molar-refractivity contribution in [1.29, 1.82) is 0 Å². The zero-order valence-corrected chi connectivity index (χ0v) is 17.3. The van der Waals surface area contributed by atoms with E-state index in [1.807, 2.05) is 27.9 Å². The maximum Gasteiger partial charge on any atom is 0.274 e. The Bertz CT molecular complexity index is 809. The van der Waals surface area contributed by atoms with E-state index in [0.29, 0.717) is 28.8 Å². The van der Waals surface area contributed by atoms with Crippen LogP contribution >= 0.6 is 11.3 Å². The molecule has 0 fully saturated rings. The van der Waals surface area contributed by atoms with Gasteiger partial charge in [0, 0.05) is 24.7 Å². The van der Waals surface area contributed by atoms with Crippen molar-refractivity contribution >= 4 is 34.0 Å². The summed E-state index contributed by atoms with van der Waals surface area (Å²) >= 11 is 1.32. The number of nitrogens with one attached hydrogen (secondary N) is 2. The van der Waals surface area contributed by atoms with Gasteiger partial charge >= 0.3 is 0 Å². The van der Waals surface area contributed by atoms with E-state index >= 15 is 0 Å². The van der Waals surface area contributed by atoms with Gasteiger partial charge in [0.15, 0.2) is 5.13 Å². The van der Waals surface area contributed by atoms with Crippen LogP contribution in [0.15, 0.2) is 12.3 Å². The van der Waals surface area contributed by atoms with Gasteiger partial charge in [-0.2, -0.15) is 0 Å². The minimum absolute atomic E-state index is 0.126. The number of anilines is 2. The predicted octanol–water partition coefficient (Wildman–Crippen LogP) is 2.12. The number of nitrogen functional groups attached to an aromatic ring is 1. The minimum atomic E-state index is -0.309. The Hall–Kier alpha value is -2.39. The molecule has 0 bridgehead atoms. The maximum absolute atomic E-state index is 12.5. The predicted molar refractivity (Wildman–Crippen MR) is 109 cm³/mol. The second-order valence-electron chi connectivity index (χ2n) is 7.02. The van der Waals surface area contributed by atoms with E-state index in [2.05, 4.69) is 20.5 Å². The first-order valence-electron chi connectivity index (χ1n) is 8.86. The molecule has 0 saturated carbocycles. The Kier molecular flexibility index (Phi) is 6.98. The lowest BCUT2D eigenvalue weighted by Crippen LogP contribution is -2.28. The number of amides is 2. The third-order valence-corrected chi connectivity index (χ3v) is 5.21. The van der Waals surface area contributed by atoms with Gasteiger partial charge in [-0.1, -0.05) is 13.8 Å². The van der Waals surface area contributed by atoms with Crippen molar-refractivity contribution in [3.05, 3.63) is 28.5 Å². The summed E-state index contributed by atoms with van der Waals surface area (Å²) in [4.78, 5) is 32.3. The highest BCUT2D eigenvalue weighted by Crippen LogP contribution is 2.30. The molecule has 0 aliphatic carbocycles. The van der Waals surface area contributed by atoms with Crippen LogP contribution < -0.4 is 16.4 Å². The van der Waals surface area contributed by atoms with Gasteiger partial charge in [-0.15, -0.1) is 11.3 Å². The SMILES string of the molecule is CC(C)c1sc(NC(=O)c2cc(N)cn2C)nc1C(=O)NCCCN(C)C. The first kappa shape index (κ1) is 20.9. The van der Waals surface area contributed by atoms with Gasteiger partial charge in [0.2, 0.25) is 0 Å². The molecule has 2 aromatic heterocycles. The minimum Gasteiger partial charge on any atom is -0.397 e. The lowest BCUT2D eigenvalue weighted by molar-refractivity contribution is 0.0945. The van der Waals surface area contributed by atoms with E-state index in [1.54, 1.807) is 23.9 Å². The highest BCUT2D eigenvalue weighted by Gasteiger charge is 2.22. The van der Waals surface area contributed by atoms with Gasteiger partial charge in [0.05, 0.1) is 5.69 Å². The number of aryl methyl sites for hydroxylation is 1. The number of carbonyl (C=O) groups is 2. The third-order valence-electron chi connectivity index (χ3n) is 3.94. The second-order valence-corrected chi connectivity index (χ2v) is 8.05. The number of nitrogens with two attached hydrogens (primary N) is 1. The number of nitrogens with zero attached hydrogens (tertiary/aromatic N) is 3. The number of hydrogen-bond donors (Lipinski definition) is 3. The molecule has 9 heteroatoms. The van der Waals surface area contributed by atoms with E-state index in [9.17, 15) is 9.59 Å². The van der Waals surface area contributed by atoms with Crippen LogP contribution in [0, 0.1) is 0 Å². The molecule has 2 aromatic rings. The van der Waals surface area contributed by atoms with Gasteiger partial charge in [-0.25, -0.2) is 4.98 Å². The second kappa shape index (κ2) is 9.01. The molecular weight excluding hydrogens is 364 g/mol. The molecule has 0 saturated heterocycles. The molecule has 0 unspecified atom stereocenters. The Balaban J connectivity index is 2.10. The van der Waals surface area contributed by atoms with Gasteiger partial charge in [0.25, 0.3) is 11.8 Å². The zero-order chi connectivity index (χ0) is 20.1. The summed E-state index contributed by atoms with van der Waals surface area (Å²) in [6, 6.07) is 1.60. The quantitative estimate of drug-likeness (QED) is 0.597. The Labute approximate surface area is 163 Å². The summed E-state index contributed by atoms with van der Waals surface area (Å²) in [7, 11) is 5.74. The van der Waals surface area contributed by atoms with Crippen LogP contribution in [0.3, 0.4) is 0 Å².